The van der Waals surface area contributed by atoms with Crippen LogP contribution in [0.2, 0.25) is 0 Å². The van der Waals surface area contributed by atoms with E-state index in [4.69, 9.17) is 10.00 Å². The third kappa shape index (κ3) is 4.26. The van der Waals surface area contributed by atoms with Gasteiger partial charge < -0.3 is 10.1 Å². The molecule has 0 saturated carbocycles. The Morgan fingerprint density at radius 1 is 0.828 bits per heavy atom. The van der Waals surface area contributed by atoms with Crippen molar-refractivity contribution in [3.8, 4) is 22.9 Å². The first-order chi connectivity index (χ1) is 14.2. The highest BCUT2D eigenvalue weighted by Crippen LogP contribution is 2.24. The van der Waals surface area contributed by atoms with Crippen LogP contribution in [0.4, 0.5) is 5.69 Å². The molecule has 0 heterocycles. The molecule has 1 amide bonds. The second-order valence-corrected chi connectivity index (χ2v) is 6.58. The van der Waals surface area contributed by atoms with Crippen LogP contribution in [0.1, 0.15) is 5.56 Å². The van der Waals surface area contributed by atoms with E-state index in [1.54, 1.807) is 12.1 Å². The normalized spacial score (nSPS) is 10.3. The zero-order valence-electron chi connectivity index (χ0n) is 15.6. The summed E-state index contributed by atoms with van der Waals surface area (Å²) in [5, 5.41) is 13.9. The Morgan fingerprint density at radius 3 is 2.21 bits per heavy atom. The highest BCUT2D eigenvalue weighted by atomic mass is 16.5. The topological polar surface area (TPSA) is 62.1 Å². The molecule has 0 bridgehead atoms. The number of ether oxygens (including phenoxy) is 1. The summed E-state index contributed by atoms with van der Waals surface area (Å²) in [5.74, 6) is 0.410. The molecule has 0 aliphatic rings. The Balaban J connectivity index is 1.38. The summed E-state index contributed by atoms with van der Waals surface area (Å²) >= 11 is 0. The van der Waals surface area contributed by atoms with Gasteiger partial charge in [-0.05, 0) is 46.8 Å². The Labute approximate surface area is 169 Å². The van der Waals surface area contributed by atoms with Gasteiger partial charge in [0, 0.05) is 11.1 Å². The summed E-state index contributed by atoms with van der Waals surface area (Å²) in [7, 11) is 0. The number of nitrogens with zero attached hydrogens (tertiary/aromatic N) is 1. The first-order valence-corrected chi connectivity index (χ1v) is 9.24. The van der Waals surface area contributed by atoms with Gasteiger partial charge >= 0.3 is 0 Å². The molecule has 4 heteroatoms. The Kier molecular flexibility index (Phi) is 5.22. The number of nitrogens with one attached hydrogen (secondary N) is 1. The van der Waals surface area contributed by atoms with Crippen LogP contribution in [-0.4, -0.2) is 12.5 Å². The van der Waals surface area contributed by atoms with Crippen molar-refractivity contribution in [1.82, 2.24) is 0 Å². The minimum absolute atomic E-state index is 0.0700. The van der Waals surface area contributed by atoms with Gasteiger partial charge in [-0.25, -0.2) is 0 Å². The fourth-order valence-electron chi connectivity index (χ4n) is 3.15. The second-order valence-electron chi connectivity index (χ2n) is 6.58. The molecular weight excluding hydrogens is 360 g/mol. The summed E-state index contributed by atoms with van der Waals surface area (Å²) < 4.78 is 5.62. The number of carbonyl (C=O) groups is 1. The van der Waals surface area contributed by atoms with Crippen molar-refractivity contribution in [3.63, 3.8) is 0 Å². The van der Waals surface area contributed by atoms with Crippen LogP contribution < -0.4 is 10.1 Å². The standard InChI is InChI=1S/C25H18N2O2/c26-16-18-8-10-19(11-9-18)20-12-14-22(15-13-20)29-17-25(28)27-24-7-3-5-21-4-1-2-6-23(21)24/h1-15H,17H2,(H,27,28). The zero-order valence-corrected chi connectivity index (χ0v) is 15.6. The van der Waals surface area contributed by atoms with E-state index in [1.807, 2.05) is 78.9 Å². The first kappa shape index (κ1) is 18.3. The molecule has 4 rings (SSSR count). The van der Waals surface area contributed by atoms with Gasteiger partial charge in [-0.2, -0.15) is 5.26 Å². The van der Waals surface area contributed by atoms with E-state index < -0.39 is 0 Å². The molecule has 4 aromatic rings. The van der Waals surface area contributed by atoms with Gasteiger partial charge in [0.15, 0.2) is 6.61 Å². The molecule has 0 aromatic heterocycles. The lowest BCUT2D eigenvalue weighted by Crippen LogP contribution is -2.20. The number of fused-ring (bicyclic) bond motifs is 1. The molecule has 0 atom stereocenters. The smallest absolute Gasteiger partial charge is 0.262 e. The lowest BCUT2D eigenvalue weighted by molar-refractivity contribution is -0.118. The van der Waals surface area contributed by atoms with E-state index >= 15 is 0 Å². The summed E-state index contributed by atoms with van der Waals surface area (Å²) in [6.45, 7) is -0.0700. The molecule has 0 fully saturated rings. The number of rotatable bonds is 5. The van der Waals surface area contributed by atoms with E-state index in [0.717, 1.165) is 27.6 Å². The fourth-order valence-corrected chi connectivity index (χ4v) is 3.15. The van der Waals surface area contributed by atoms with E-state index in [2.05, 4.69) is 11.4 Å². The maximum atomic E-state index is 12.3. The molecule has 0 unspecified atom stereocenters. The number of anilines is 1. The summed E-state index contributed by atoms with van der Waals surface area (Å²) in [4.78, 5) is 12.3. The maximum absolute atomic E-state index is 12.3. The number of carbonyl (C=O) groups excluding carboxylic acids is 1. The number of nitriles is 1. The van der Waals surface area contributed by atoms with E-state index in [0.29, 0.717) is 11.3 Å². The van der Waals surface area contributed by atoms with Crippen LogP contribution in [0.5, 0.6) is 5.75 Å². The maximum Gasteiger partial charge on any atom is 0.262 e. The quantitative estimate of drug-likeness (QED) is 0.506. The van der Waals surface area contributed by atoms with Crippen LogP contribution >= 0.6 is 0 Å². The minimum atomic E-state index is -0.211. The summed E-state index contributed by atoms with van der Waals surface area (Å²) in [6.07, 6.45) is 0. The lowest BCUT2D eigenvalue weighted by atomic mass is 10.0. The third-order valence-corrected chi connectivity index (χ3v) is 4.64. The van der Waals surface area contributed by atoms with Crippen molar-refractivity contribution in [3.05, 3.63) is 96.6 Å². The van der Waals surface area contributed by atoms with Crippen molar-refractivity contribution >= 4 is 22.4 Å². The van der Waals surface area contributed by atoms with Gasteiger partial charge in [0.1, 0.15) is 5.75 Å². The largest absolute Gasteiger partial charge is 0.484 e. The van der Waals surface area contributed by atoms with E-state index in [-0.39, 0.29) is 12.5 Å². The Hall–Kier alpha value is -4.10. The molecule has 0 aliphatic heterocycles. The minimum Gasteiger partial charge on any atom is -0.484 e. The SMILES string of the molecule is N#Cc1ccc(-c2ccc(OCC(=O)Nc3cccc4ccccc34)cc2)cc1. The molecule has 4 nitrogen and oxygen atoms in total. The van der Waals surface area contributed by atoms with Crippen LogP contribution in [0.25, 0.3) is 21.9 Å². The van der Waals surface area contributed by atoms with Crippen molar-refractivity contribution in [2.75, 3.05) is 11.9 Å². The van der Waals surface area contributed by atoms with Gasteiger partial charge in [0.2, 0.25) is 0 Å². The van der Waals surface area contributed by atoms with Crippen LogP contribution in [0.15, 0.2) is 91.0 Å². The molecule has 0 radical (unpaired) electrons. The highest BCUT2D eigenvalue weighted by Gasteiger charge is 2.07. The van der Waals surface area contributed by atoms with Gasteiger partial charge in [-0.15, -0.1) is 0 Å². The summed E-state index contributed by atoms with van der Waals surface area (Å²) in [5.41, 5.74) is 3.44. The van der Waals surface area contributed by atoms with Gasteiger partial charge in [-0.1, -0.05) is 60.7 Å². The fraction of sp³-hybridized carbons (Fsp3) is 0.0400. The molecule has 0 aliphatic carbocycles. The second kappa shape index (κ2) is 8.28. The predicted octanol–water partition coefficient (Wildman–Crippen LogP) is 5.40. The highest BCUT2D eigenvalue weighted by molar-refractivity contribution is 6.02. The Morgan fingerprint density at radius 2 is 1.48 bits per heavy atom. The molecule has 29 heavy (non-hydrogen) atoms. The zero-order chi connectivity index (χ0) is 20.1. The molecule has 0 saturated heterocycles. The Bertz CT molecular complexity index is 1180. The van der Waals surface area contributed by atoms with E-state index in [9.17, 15) is 4.79 Å². The lowest BCUT2D eigenvalue weighted by Gasteiger charge is -2.10. The molecule has 140 valence electrons. The van der Waals surface area contributed by atoms with Crippen molar-refractivity contribution in [1.29, 1.82) is 5.26 Å². The molecule has 4 aromatic carbocycles. The van der Waals surface area contributed by atoms with Gasteiger partial charge in [0.05, 0.1) is 11.6 Å². The molecule has 0 spiro atoms. The number of benzene rings is 4. The number of hydrogen-bond acceptors (Lipinski definition) is 3. The number of amides is 1. The third-order valence-electron chi connectivity index (χ3n) is 4.64. The monoisotopic (exact) mass is 378 g/mol. The van der Waals surface area contributed by atoms with Crippen molar-refractivity contribution in [2.24, 2.45) is 0 Å². The predicted molar refractivity (Wildman–Crippen MR) is 115 cm³/mol. The first-order valence-electron chi connectivity index (χ1n) is 9.24. The van der Waals surface area contributed by atoms with Crippen LogP contribution in [0, 0.1) is 11.3 Å². The molecule has 1 N–H and O–H groups in total. The van der Waals surface area contributed by atoms with Crippen LogP contribution in [0.3, 0.4) is 0 Å². The van der Waals surface area contributed by atoms with Crippen molar-refractivity contribution in [2.45, 2.75) is 0 Å². The average molecular weight is 378 g/mol. The number of hydrogen-bond donors (Lipinski definition) is 1. The van der Waals surface area contributed by atoms with Crippen molar-refractivity contribution < 1.29 is 9.53 Å². The van der Waals surface area contributed by atoms with Gasteiger partial charge in [0.25, 0.3) is 5.91 Å². The van der Waals surface area contributed by atoms with Gasteiger partial charge in [-0.3, -0.25) is 4.79 Å². The average Bonchev–Trinajstić information content (AvgIpc) is 2.78. The van der Waals surface area contributed by atoms with E-state index in [1.165, 1.54) is 0 Å². The summed E-state index contributed by atoms with van der Waals surface area (Å²) in [6, 6.07) is 30.8. The molecular formula is C25H18N2O2. The van der Waals surface area contributed by atoms with Crippen LogP contribution in [-0.2, 0) is 4.79 Å².